The molecule has 0 aromatic heterocycles. The summed E-state index contributed by atoms with van der Waals surface area (Å²) in [7, 11) is 0. The third-order valence-electron chi connectivity index (χ3n) is 5.91. The van der Waals surface area contributed by atoms with E-state index in [2.05, 4.69) is 28.2 Å². The summed E-state index contributed by atoms with van der Waals surface area (Å²) in [4.78, 5) is 28.8. The van der Waals surface area contributed by atoms with Gasteiger partial charge in [-0.05, 0) is 47.7 Å². The first-order valence-electron chi connectivity index (χ1n) is 12.1. The number of carbonyl (C=O) groups is 2. The Balaban J connectivity index is 1.89. The maximum Gasteiger partial charge on any atom is 0.243 e. The quantitative estimate of drug-likeness (QED) is 0.256. The monoisotopic (exact) mass is 554 g/mol. The molecule has 184 valence electrons. The molecule has 3 aromatic carbocycles. The topological polar surface area (TPSA) is 49.4 Å². The first-order valence-corrected chi connectivity index (χ1v) is 13.2. The number of hydrogen-bond acceptors (Lipinski definition) is 2. The molecule has 0 heterocycles. The van der Waals surface area contributed by atoms with E-state index in [9.17, 15) is 9.59 Å². The van der Waals surface area contributed by atoms with Crippen molar-refractivity contribution in [2.24, 2.45) is 0 Å². The first-order chi connectivity index (χ1) is 17.0. The van der Waals surface area contributed by atoms with Crippen LogP contribution >= 0.6 is 27.5 Å². The van der Waals surface area contributed by atoms with E-state index in [-0.39, 0.29) is 18.2 Å². The van der Waals surface area contributed by atoms with E-state index in [1.54, 1.807) is 4.90 Å². The molecule has 1 N–H and O–H groups in total. The summed E-state index contributed by atoms with van der Waals surface area (Å²) in [5.41, 5.74) is 2.91. The third kappa shape index (κ3) is 8.52. The fraction of sp³-hybridized carbons (Fsp3) is 0.310. The minimum Gasteiger partial charge on any atom is -0.354 e. The van der Waals surface area contributed by atoms with Gasteiger partial charge in [0.25, 0.3) is 0 Å². The first kappa shape index (κ1) is 27.0. The number of amides is 2. The van der Waals surface area contributed by atoms with E-state index >= 15 is 0 Å². The Morgan fingerprint density at radius 1 is 0.971 bits per heavy atom. The number of nitrogens with one attached hydrogen (secondary N) is 1. The molecule has 0 saturated heterocycles. The second kappa shape index (κ2) is 14.1. The van der Waals surface area contributed by atoms with Gasteiger partial charge in [0.1, 0.15) is 6.04 Å². The molecule has 3 aromatic rings. The van der Waals surface area contributed by atoms with Gasteiger partial charge in [0.15, 0.2) is 0 Å². The van der Waals surface area contributed by atoms with Crippen molar-refractivity contribution in [3.8, 4) is 0 Å². The highest BCUT2D eigenvalue weighted by atomic mass is 79.9. The Bertz CT molecular complexity index is 1110. The summed E-state index contributed by atoms with van der Waals surface area (Å²) >= 11 is 9.85. The predicted molar refractivity (Wildman–Crippen MR) is 146 cm³/mol. The van der Waals surface area contributed by atoms with Crippen molar-refractivity contribution < 1.29 is 9.59 Å². The molecule has 0 saturated carbocycles. The predicted octanol–water partition coefficient (Wildman–Crippen LogP) is 6.59. The average molecular weight is 556 g/mol. The summed E-state index contributed by atoms with van der Waals surface area (Å²) in [6.45, 7) is 3.03. The molecular formula is C29H32BrClN2O2. The Kier molecular flexibility index (Phi) is 10.8. The van der Waals surface area contributed by atoms with Crippen molar-refractivity contribution in [1.29, 1.82) is 0 Å². The zero-order valence-electron chi connectivity index (χ0n) is 20.1. The van der Waals surface area contributed by atoms with Gasteiger partial charge < -0.3 is 10.2 Å². The summed E-state index contributed by atoms with van der Waals surface area (Å²) in [6.07, 6.45) is 3.12. The molecule has 0 bridgehead atoms. The van der Waals surface area contributed by atoms with E-state index < -0.39 is 6.04 Å². The number of halogens is 2. The Hall–Kier alpha value is -2.63. The SMILES string of the molecule is CCCCNC(=O)C(Cc1ccccc1)N(Cc1cccc(Br)c1)C(=O)CCc1ccccc1Cl. The van der Waals surface area contributed by atoms with Crippen molar-refractivity contribution in [1.82, 2.24) is 10.2 Å². The molecule has 0 spiro atoms. The van der Waals surface area contributed by atoms with Gasteiger partial charge in [-0.3, -0.25) is 9.59 Å². The summed E-state index contributed by atoms with van der Waals surface area (Å²) < 4.78 is 0.936. The Labute approximate surface area is 221 Å². The lowest BCUT2D eigenvalue weighted by Gasteiger charge is -2.32. The number of carbonyl (C=O) groups excluding carboxylic acids is 2. The lowest BCUT2D eigenvalue weighted by Crippen LogP contribution is -2.50. The minimum absolute atomic E-state index is 0.0727. The van der Waals surface area contributed by atoms with Crippen molar-refractivity contribution in [2.75, 3.05) is 6.54 Å². The smallest absolute Gasteiger partial charge is 0.243 e. The van der Waals surface area contributed by atoms with Crippen molar-refractivity contribution in [2.45, 2.75) is 51.6 Å². The molecule has 6 heteroatoms. The number of benzene rings is 3. The van der Waals surface area contributed by atoms with E-state index in [0.717, 1.165) is 34.0 Å². The molecule has 2 amide bonds. The van der Waals surface area contributed by atoms with Crippen LogP contribution in [0.3, 0.4) is 0 Å². The zero-order valence-corrected chi connectivity index (χ0v) is 22.4. The van der Waals surface area contributed by atoms with Gasteiger partial charge in [-0.1, -0.05) is 102 Å². The van der Waals surface area contributed by atoms with E-state index in [1.165, 1.54) is 0 Å². The van der Waals surface area contributed by atoms with Gasteiger partial charge in [-0.15, -0.1) is 0 Å². The number of nitrogens with zero attached hydrogens (tertiary/aromatic N) is 1. The van der Waals surface area contributed by atoms with Crippen LogP contribution in [0.2, 0.25) is 5.02 Å². The highest BCUT2D eigenvalue weighted by Gasteiger charge is 2.30. The molecule has 1 atom stereocenters. The Morgan fingerprint density at radius 3 is 2.40 bits per heavy atom. The number of aryl methyl sites for hydroxylation is 1. The zero-order chi connectivity index (χ0) is 25.0. The molecule has 3 rings (SSSR count). The van der Waals surface area contributed by atoms with Crippen LogP contribution in [0.25, 0.3) is 0 Å². The molecule has 0 aliphatic rings. The molecule has 0 aliphatic carbocycles. The summed E-state index contributed by atoms with van der Waals surface area (Å²) in [5, 5.41) is 3.71. The average Bonchev–Trinajstić information content (AvgIpc) is 2.86. The number of unbranched alkanes of at least 4 members (excludes halogenated alkanes) is 1. The molecule has 0 aliphatic heterocycles. The fourth-order valence-corrected chi connectivity index (χ4v) is 4.66. The van der Waals surface area contributed by atoms with Crippen molar-refractivity contribution in [3.63, 3.8) is 0 Å². The van der Waals surface area contributed by atoms with Crippen LogP contribution in [0.5, 0.6) is 0 Å². The van der Waals surface area contributed by atoms with Crippen LogP contribution in [0.1, 0.15) is 42.9 Å². The molecule has 1 unspecified atom stereocenters. The number of hydrogen-bond donors (Lipinski definition) is 1. The van der Waals surface area contributed by atoms with Gasteiger partial charge in [0.2, 0.25) is 11.8 Å². The van der Waals surface area contributed by atoms with Gasteiger partial charge >= 0.3 is 0 Å². The lowest BCUT2D eigenvalue weighted by atomic mass is 10.0. The van der Waals surface area contributed by atoms with Gasteiger partial charge in [-0.2, -0.15) is 0 Å². The molecule has 0 radical (unpaired) electrons. The van der Waals surface area contributed by atoms with Gasteiger partial charge in [0, 0.05) is 35.4 Å². The second-order valence-corrected chi connectivity index (χ2v) is 9.92. The van der Waals surface area contributed by atoms with Gasteiger partial charge in [-0.25, -0.2) is 0 Å². The molecule has 0 fully saturated rings. The highest BCUT2D eigenvalue weighted by Crippen LogP contribution is 2.21. The minimum atomic E-state index is -0.619. The maximum absolute atomic E-state index is 13.7. The van der Waals surface area contributed by atoms with E-state index in [1.807, 2.05) is 78.9 Å². The van der Waals surface area contributed by atoms with Crippen LogP contribution in [-0.2, 0) is 29.0 Å². The molecular weight excluding hydrogens is 524 g/mol. The van der Waals surface area contributed by atoms with Crippen LogP contribution in [0.4, 0.5) is 0 Å². The largest absolute Gasteiger partial charge is 0.354 e. The summed E-state index contributed by atoms with van der Waals surface area (Å²) in [6, 6.07) is 24.7. The van der Waals surface area contributed by atoms with E-state index in [0.29, 0.717) is 31.0 Å². The van der Waals surface area contributed by atoms with Crippen LogP contribution in [0.15, 0.2) is 83.3 Å². The van der Waals surface area contributed by atoms with Crippen molar-refractivity contribution in [3.05, 3.63) is 105 Å². The van der Waals surface area contributed by atoms with Crippen LogP contribution in [0, 0.1) is 0 Å². The van der Waals surface area contributed by atoms with E-state index in [4.69, 9.17) is 11.6 Å². The second-order valence-electron chi connectivity index (χ2n) is 8.59. The summed E-state index contributed by atoms with van der Waals surface area (Å²) in [5.74, 6) is -0.195. The fourth-order valence-electron chi connectivity index (χ4n) is 3.98. The maximum atomic E-state index is 13.7. The standard InChI is InChI=1S/C29H32BrClN2O2/c1-2-3-18-32-29(35)27(20-22-10-5-4-6-11-22)33(21-23-12-9-14-25(30)19-23)28(34)17-16-24-13-7-8-15-26(24)31/h4-15,19,27H,2-3,16-18,20-21H2,1H3,(H,32,35). The lowest BCUT2D eigenvalue weighted by molar-refractivity contribution is -0.141. The van der Waals surface area contributed by atoms with Crippen LogP contribution in [-0.4, -0.2) is 29.3 Å². The van der Waals surface area contributed by atoms with Crippen LogP contribution < -0.4 is 5.32 Å². The molecule has 35 heavy (non-hydrogen) atoms. The normalized spacial score (nSPS) is 11.6. The highest BCUT2D eigenvalue weighted by molar-refractivity contribution is 9.10. The third-order valence-corrected chi connectivity index (χ3v) is 6.77. The van der Waals surface area contributed by atoms with Crippen molar-refractivity contribution >= 4 is 39.3 Å². The Morgan fingerprint density at radius 2 is 1.69 bits per heavy atom. The van der Waals surface area contributed by atoms with Gasteiger partial charge in [0.05, 0.1) is 0 Å². The molecule has 4 nitrogen and oxygen atoms in total. The number of rotatable bonds is 12.